The van der Waals surface area contributed by atoms with Crippen LogP contribution in [0.25, 0.3) is 0 Å². The van der Waals surface area contributed by atoms with Crippen molar-refractivity contribution in [1.29, 1.82) is 0 Å². The van der Waals surface area contributed by atoms with Gasteiger partial charge in [0.1, 0.15) is 5.75 Å². The van der Waals surface area contributed by atoms with Gasteiger partial charge in [-0.05, 0) is 45.5 Å². The van der Waals surface area contributed by atoms with Gasteiger partial charge in [0.15, 0.2) is 0 Å². The largest absolute Gasteiger partial charge is 0.496 e. The van der Waals surface area contributed by atoms with Gasteiger partial charge in [0, 0.05) is 18.2 Å². The van der Waals surface area contributed by atoms with E-state index in [0.29, 0.717) is 6.04 Å². The minimum atomic E-state index is 0.325. The lowest BCUT2D eigenvalue weighted by Crippen LogP contribution is -2.36. The monoisotopic (exact) mass is 292 g/mol. The fraction of sp³-hybridized carbons (Fsp3) is 0.667. The summed E-state index contributed by atoms with van der Waals surface area (Å²) in [6, 6.07) is 6.78. The summed E-state index contributed by atoms with van der Waals surface area (Å²) in [6.45, 7) is 13.1. The average Bonchev–Trinajstić information content (AvgIpc) is 2.50. The summed E-state index contributed by atoms with van der Waals surface area (Å²) in [5, 5.41) is 3.69. The fourth-order valence-electron chi connectivity index (χ4n) is 2.67. The van der Waals surface area contributed by atoms with Gasteiger partial charge < -0.3 is 15.0 Å². The van der Waals surface area contributed by atoms with Crippen LogP contribution in [0.1, 0.15) is 50.8 Å². The standard InChI is InChI=1S/C18H32N2O/c1-6-11-19-17(14-20(8-3)12-7-2)16-13-15(4)9-10-18(16)21-5/h9-10,13,17,19H,6-8,11-12,14H2,1-5H3. The van der Waals surface area contributed by atoms with Gasteiger partial charge in [0.05, 0.1) is 7.11 Å². The molecule has 0 aromatic heterocycles. The molecule has 1 atom stereocenters. The number of likely N-dealkylation sites (N-methyl/N-ethyl adjacent to an activating group) is 1. The van der Waals surface area contributed by atoms with Gasteiger partial charge in [-0.1, -0.05) is 38.5 Å². The normalized spacial score (nSPS) is 12.7. The van der Waals surface area contributed by atoms with Crippen molar-refractivity contribution in [3.8, 4) is 5.75 Å². The van der Waals surface area contributed by atoms with Gasteiger partial charge in [-0.3, -0.25) is 0 Å². The van der Waals surface area contributed by atoms with Crippen LogP contribution in [0.3, 0.4) is 0 Å². The molecule has 3 nitrogen and oxygen atoms in total. The fourth-order valence-corrected chi connectivity index (χ4v) is 2.67. The molecule has 0 bridgehead atoms. The van der Waals surface area contributed by atoms with Crippen molar-refractivity contribution in [3.63, 3.8) is 0 Å². The Morgan fingerprint density at radius 1 is 1.19 bits per heavy atom. The number of hydrogen-bond acceptors (Lipinski definition) is 3. The van der Waals surface area contributed by atoms with Crippen LogP contribution in [0.4, 0.5) is 0 Å². The van der Waals surface area contributed by atoms with Crippen molar-refractivity contribution in [2.75, 3.05) is 33.3 Å². The highest BCUT2D eigenvalue weighted by Gasteiger charge is 2.18. The lowest BCUT2D eigenvalue weighted by atomic mass is 10.0. The molecule has 0 aliphatic carbocycles. The molecule has 0 radical (unpaired) electrons. The second-order valence-electron chi connectivity index (χ2n) is 5.65. The molecule has 1 rings (SSSR count). The summed E-state index contributed by atoms with van der Waals surface area (Å²) < 4.78 is 5.58. The molecule has 1 unspecified atom stereocenters. The molecule has 0 aliphatic rings. The molecular formula is C18H32N2O. The van der Waals surface area contributed by atoms with Crippen molar-refractivity contribution in [2.45, 2.75) is 46.6 Å². The van der Waals surface area contributed by atoms with E-state index in [0.717, 1.165) is 38.3 Å². The predicted octanol–water partition coefficient (Wildman–Crippen LogP) is 3.78. The van der Waals surface area contributed by atoms with Gasteiger partial charge in [-0.25, -0.2) is 0 Å². The van der Waals surface area contributed by atoms with Crippen LogP contribution in [-0.4, -0.2) is 38.2 Å². The number of nitrogens with zero attached hydrogens (tertiary/aromatic N) is 1. The summed E-state index contributed by atoms with van der Waals surface area (Å²) in [5.74, 6) is 0.988. The molecule has 0 saturated heterocycles. The first-order valence-corrected chi connectivity index (χ1v) is 8.26. The van der Waals surface area contributed by atoms with E-state index in [-0.39, 0.29) is 0 Å². The van der Waals surface area contributed by atoms with E-state index in [9.17, 15) is 0 Å². The van der Waals surface area contributed by atoms with E-state index in [4.69, 9.17) is 4.74 Å². The Balaban J connectivity index is 2.97. The highest BCUT2D eigenvalue weighted by atomic mass is 16.5. The maximum atomic E-state index is 5.58. The molecular weight excluding hydrogens is 260 g/mol. The predicted molar refractivity (Wildman–Crippen MR) is 91.2 cm³/mol. The number of ether oxygens (including phenoxy) is 1. The van der Waals surface area contributed by atoms with Crippen LogP contribution in [0.15, 0.2) is 18.2 Å². The molecule has 0 spiro atoms. The zero-order chi connectivity index (χ0) is 15.7. The summed E-state index contributed by atoms with van der Waals surface area (Å²) in [4.78, 5) is 2.51. The van der Waals surface area contributed by atoms with Crippen LogP contribution in [0, 0.1) is 6.92 Å². The second-order valence-corrected chi connectivity index (χ2v) is 5.65. The van der Waals surface area contributed by atoms with Gasteiger partial charge in [-0.2, -0.15) is 0 Å². The highest BCUT2D eigenvalue weighted by Crippen LogP contribution is 2.27. The van der Waals surface area contributed by atoms with Crippen LogP contribution >= 0.6 is 0 Å². The van der Waals surface area contributed by atoms with Crippen LogP contribution < -0.4 is 10.1 Å². The van der Waals surface area contributed by atoms with Gasteiger partial charge >= 0.3 is 0 Å². The third-order valence-electron chi connectivity index (χ3n) is 3.83. The third-order valence-corrected chi connectivity index (χ3v) is 3.83. The Labute approximate surface area is 130 Å². The molecule has 1 aromatic carbocycles. The van der Waals surface area contributed by atoms with Crippen LogP contribution in [0.2, 0.25) is 0 Å². The molecule has 0 saturated carbocycles. The maximum Gasteiger partial charge on any atom is 0.123 e. The zero-order valence-corrected chi connectivity index (χ0v) is 14.4. The van der Waals surface area contributed by atoms with Crippen molar-refractivity contribution < 1.29 is 4.74 Å². The third kappa shape index (κ3) is 5.68. The lowest BCUT2D eigenvalue weighted by Gasteiger charge is -2.28. The minimum absolute atomic E-state index is 0.325. The van der Waals surface area contributed by atoms with E-state index in [1.807, 2.05) is 0 Å². The average molecular weight is 292 g/mol. The number of methoxy groups -OCH3 is 1. The number of rotatable bonds is 10. The Morgan fingerprint density at radius 3 is 2.52 bits per heavy atom. The number of benzene rings is 1. The van der Waals surface area contributed by atoms with Crippen LogP contribution in [-0.2, 0) is 0 Å². The molecule has 0 aliphatic heterocycles. The Morgan fingerprint density at radius 2 is 1.95 bits per heavy atom. The number of nitrogens with one attached hydrogen (secondary N) is 1. The van der Waals surface area contributed by atoms with Gasteiger partial charge in [0.25, 0.3) is 0 Å². The molecule has 0 fully saturated rings. The molecule has 0 heterocycles. The van der Waals surface area contributed by atoms with E-state index in [1.54, 1.807) is 7.11 Å². The summed E-state index contributed by atoms with van der Waals surface area (Å²) in [7, 11) is 1.76. The Bertz CT molecular complexity index is 406. The highest BCUT2D eigenvalue weighted by molar-refractivity contribution is 5.39. The number of hydrogen-bond donors (Lipinski definition) is 1. The summed E-state index contributed by atoms with van der Waals surface area (Å²) >= 11 is 0. The quantitative estimate of drug-likeness (QED) is 0.710. The van der Waals surface area contributed by atoms with Crippen LogP contribution in [0.5, 0.6) is 5.75 Å². The first-order chi connectivity index (χ1) is 10.2. The van der Waals surface area contributed by atoms with Crippen molar-refractivity contribution in [2.24, 2.45) is 0 Å². The van der Waals surface area contributed by atoms with Gasteiger partial charge in [-0.15, -0.1) is 0 Å². The Hall–Kier alpha value is -1.06. The molecule has 1 N–H and O–H groups in total. The topological polar surface area (TPSA) is 24.5 Å². The number of aryl methyl sites for hydroxylation is 1. The Kier molecular flexibility index (Phi) is 8.40. The van der Waals surface area contributed by atoms with Crippen molar-refractivity contribution >= 4 is 0 Å². The molecule has 0 amide bonds. The first-order valence-electron chi connectivity index (χ1n) is 8.26. The molecule has 3 heteroatoms. The second kappa shape index (κ2) is 9.80. The molecule has 120 valence electrons. The summed E-state index contributed by atoms with van der Waals surface area (Å²) in [6.07, 6.45) is 2.34. The SMILES string of the molecule is CCCNC(CN(CC)CCC)c1cc(C)ccc1OC. The lowest BCUT2D eigenvalue weighted by molar-refractivity contribution is 0.251. The van der Waals surface area contributed by atoms with E-state index in [1.165, 1.54) is 17.5 Å². The van der Waals surface area contributed by atoms with Crippen molar-refractivity contribution in [3.05, 3.63) is 29.3 Å². The summed E-state index contributed by atoms with van der Waals surface area (Å²) in [5.41, 5.74) is 2.56. The zero-order valence-electron chi connectivity index (χ0n) is 14.4. The molecule has 1 aromatic rings. The van der Waals surface area contributed by atoms with E-state index >= 15 is 0 Å². The first kappa shape index (κ1) is 18.0. The van der Waals surface area contributed by atoms with Gasteiger partial charge in [0.2, 0.25) is 0 Å². The van der Waals surface area contributed by atoms with Crippen molar-refractivity contribution in [1.82, 2.24) is 10.2 Å². The maximum absolute atomic E-state index is 5.58. The van der Waals surface area contributed by atoms with E-state index < -0.39 is 0 Å². The molecule has 21 heavy (non-hydrogen) atoms. The smallest absolute Gasteiger partial charge is 0.123 e. The minimum Gasteiger partial charge on any atom is -0.496 e. The van der Waals surface area contributed by atoms with E-state index in [2.05, 4.69) is 56.1 Å².